The predicted octanol–water partition coefficient (Wildman–Crippen LogP) is 1.97. The van der Waals surface area contributed by atoms with Crippen molar-refractivity contribution in [3.63, 3.8) is 0 Å². The highest BCUT2D eigenvalue weighted by atomic mass is 16.4. The molecule has 0 fully saturated rings. The van der Waals surface area contributed by atoms with E-state index in [1.807, 2.05) is 11.9 Å². The molecular weight excluding hydrogens is 240 g/mol. The molecule has 0 saturated heterocycles. The summed E-state index contributed by atoms with van der Waals surface area (Å²) in [6, 6.07) is 6.02. The number of benzene rings is 1. The Hall–Kier alpha value is -1.55. The Morgan fingerprint density at radius 2 is 2.26 bits per heavy atom. The smallest absolute Gasteiger partial charge is 0.320 e. The first-order valence-corrected chi connectivity index (χ1v) is 6.75. The number of carboxylic acid groups (broad SMARTS) is 1. The van der Waals surface area contributed by atoms with E-state index in [4.69, 9.17) is 5.11 Å². The van der Waals surface area contributed by atoms with Crippen LogP contribution in [-0.4, -0.2) is 42.7 Å². The van der Waals surface area contributed by atoms with Crippen LogP contribution >= 0.6 is 0 Å². The summed E-state index contributed by atoms with van der Waals surface area (Å²) in [6.07, 6.45) is 2.31. The summed E-state index contributed by atoms with van der Waals surface area (Å²) in [4.78, 5) is 15.1. The predicted molar refractivity (Wildman–Crippen MR) is 76.6 cm³/mol. The van der Waals surface area contributed by atoms with Gasteiger partial charge in [-0.15, -0.1) is 0 Å². The number of fused-ring (bicyclic) bond motifs is 1. The summed E-state index contributed by atoms with van der Waals surface area (Å²) < 4.78 is 0. The van der Waals surface area contributed by atoms with Crippen molar-refractivity contribution in [3.05, 3.63) is 29.3 Å². The van der Waals surface area contributed by atoms with Crippen LogP contribution in [0.5, 0.6) is 0 Å². The van der Waals surface area contributed by atoms with Crippen molar-refractivity contribution in [2.75, 3.05) is 25.5 Å². The maximum absolute atomic E-state index is 11.0. The van der Waals surface area contributed by atoms with Gasteiger partial charge in [0.05, 0.1) is 0 Å². The Balaban J connectivity index is 2.12. The molecule has 1 heterocycles. The Kier molecular flexibility index (Phi) is 4.10. The standard InChI is InChI=1S/C15H22N2O2/c1-11(15(18)19)17(3)10-12-6-7-14-13(9-12)5-4-8-16(14)2/h6-7,9,11H,4-5,8,10H2,1-3H3,(H,18,19). The van der Waals surface area contributed by atoms with Crippen molar-refractivity contribution in [3.8, 4) is 0 Å². The molecule has 2 rings (SSSR count). The molecule has 1 N–H and O–H groups in total. The molecule has 4 heteroatoms. The Bertz CT molecular complexity index is 473. The molecule has 0 aliphatic carbocycles. The van der Waals surface area contributed by atoms with E-state index in [9.17, 15) is 4.79 Å². The summed E-state index contributed by atoms with van der Waals surface area (Å²) in [6.45, 7) is 3.50. The monoisotopic (exact) mass is 262 g/mol. The van der Waals surface area contributed by atoms with E-state index in [2.05, 4.69) is 30.1 Å². The molecule has 0 amide bonds. The van der Waals surface area contributed by atoms with Gasteiger partial charge < -0.3 is 10.0 Å². The van der Waals surface area contributed by atoms with Gasteiger partial charge in [0.15, 0.2) is 0 Å². The average Bonchev–Trinajstić information content (AvgIpc) is 2.37. The second-order valence-corrected chi connectivity index (χ2v) is 5.42. The van der Waals surface area contributed by atoms with Crippen molar-refractivity contribution in [1.29, 1.82) is 0 Å². The van der Waals surface area contributed by atoms with Crippen LogP contribution in [0.2, 0.25) is 0 Å². The molecule has 4 nitrogen and oxygen atoms in total. The Morgan fingerprint density at radius 1 is 1.53 bits per heavy atom. The summed E-state index contributed by atoms with van der Waals surface area (Å²) in [7, 11) is 3.97. The molecule has 0 bridgehead atoms. The first-order valence-electron chi connectivity index (χ1n) is 6.75. The molecule has 0 radical (unpaired) electrons. The fourth-order valence-electron chi connectivity index (χ4n) is 2.55. The maximum atomic E-state index is 11.0. The van der Waals surface area contributed by atoms with E-state index in [0.29, 0.717) is 6.54 Å². The highest BCUT2D eigenvalue weighted by Gasteiger charge is 2.18. The minimum absolute atomic E-state index is 0.460. The SMILES string of the molecule is CC(C(=O)O)N(C)Cc1ccc2c(c1)CCCN2C. The third-order valence-corrected chi connectivity index (χ3v) is 3.95. The number of aliphatic carboxylic acids is 1. The van der Waals surface area contributed by atoms with E-state index < -0.39 is 12.0 Å². The highest BCUT2D eigenvalue weighted by Crippen LogP contribution is 2.27. The zero-order valence-electron chi connectivity index (χ0n) is 11.9. The van der Waals surface area contributed by atoms with Gasteiger partial charge in [-0.3, -0.25) is 9.69 Å². The lowest BCUT2D eigenvalue weighted by atomic mass is 9.99. The summed E-state index contributed by atoms with van der Waals surface area (Å²) in [5, 5.41) is 9.01. The first kappa shape index (κ1) is 13.9. The minimum atomic E-state index is -0.778. The van der Waals surface area contributed by atoms with Crippen LogP contribution in [0.3, 0.4) is 0 Å². The zero-order chi connectivity index (χ0) is 14.0. The number of hydrogen-bond acceptors (Lipinski definition) is 3. The maximum Gasteiger partial charge on any atom is 0.320 e. The van der Waals surface area contributed by atoms with Crippen LogP contribution < -0.4 is 4.90 Å². The number of carboxylic acids is 1. The van der Waals surface area contributed by atoms with Gasteiger partial charge in [0, 0.05) is 25.8 Å². The zero-order valence-corrected chi connectivity index (χ0v) is 11.9. The Morgan fingerprint density at radius 3 is 2.95 bits per heavy atom. The number of nitrogens with zero attached hydrogens (tertiary/aromatic N) is 2. The number of aryl methyl sites for hydroxylation is 1. The van der Waals surface area contributed by atoms with Crippen molar-refractivity contribution in [1.82, 2.24) is 4.90 Å². The van der Waals surface area contributed by atoms with Gasteiger partial charge in [0.1, 0.15) is 6.04 Å². The molecule has 0 aromatic heterocycles. The van der Waals surface area contributed by atoms with Crippen LogP contribution in [-0.2, 0) is 17.8 Å². The molecular formula is C15H22N2O2. The Labute approximate surface area is 114 Å². The fraction of sp³-hybridized carbons (Fsp3) is 0.533. The minimum Gasteiger partial charge on any atom is -0.480 e. The van der Waals surface area contributed by atoms with Gasteiger partial charge in [-0.25, -0.2) is 0 Å². The second kappa shape index (κ2) is 5.61. The molecule has 1 aromatic rings. The third-order valence-electron chi connectivity index (χ3n) is 3.95. The number of carbonyl (C=O) groups is 1. The van der Waals surface area contributed by atoms with Crippen LogP contribution in [0.1, 0.15) is 24.5 Å². The number of rotatable bonds is 4. The topological polar surface area (TPSA) is 43.8 Å². The van der Waals surface area contributed by atoms with E-state index in [1.54, 1.807) is 6.92 Å². The lowest BCUT2D eigenvalue weighted by Crippen LogP contribution is -2.35. The van der Waals surface area contributed by atoms with Gasteiger partial charge in [-0.05, 0) is 44.0 Å². The second-order valence-electron chi connectivity index (χ2n) is 5.42. The van der Waals surface area contributed by atoms with Gasteiger partial charge in [-0.2, -0.15) is 0 Å². The van der Waals surface area contributed by atoms with Crippen LogP contribution in [0.15, 0.2) is 18.2 Å². The number of anilines is 1. The van der Waals surface area contributed by atoms with Crippen molar-refractivity contribution < 1.29 is 9.90 Å². The average molecular weight is 262 g/mol. The molecule has 0 saturated carbocycles. The largest absolute Gasteiger partial charge is 0.480 e. The molecule has 1 aromatic carbocycles. The van der Waals surface area contributed by atoms with Gasteiger partial charge in [0.25, 0.3) is 0 Å². The van der Waals surface area contributed by atoms with Crippen molar-refractivity contribution in [2.24, 2.45) is 0 Å². The van der Waals surface area contributed by atoms with Gasteiger partial charge >= 0.3 is 5.97 Å². The van der Waals surface area contributed by atoms with E-state index >= 15 is 0 Å². The van der Waals surface area contributed by atoms with Crippen LogP contribution in [0, 0.1) is 0 Å². The molecule has 19 heavy (non-hydrogen) atoms. The van der Waals surface area contributed by atoms with Crippen LogP contribution in [0.4, 0.5) is 5.69 Å². The summed E-state index contributed by atoms with van der Waals surface area (Å²) in [5.74, 6) is -0.778. The fourth-order valence-corrected chi connectivity index (χ4v) is 2.55. The lowest BCUT2D eigenvalue weighted by Gasteiger charge is -2.28. The van der Waals surface area contributed by atoms with Crippen LogP contribution in [0.25, 0.3) is 0 Å². The van der Waals surface area contributed by atoms with E-state index in [-0.39, 0.29) is 0 Å². The molecule has 0 spiro atoms. The van der Waals surface area contributed by atoms with E-state index in [1.165, 1.54) is 23.2 Å². The van der Waals surface area contributed by atoms with E-state index in [0.717, 1.165) is 13.0 Å². The van der Waals surface area contributed by atoms with Gasteiger partial charge in [0.2, 0.25) is 0 Å². The molecule has 1 aliphatic rings. The molecule has 104 valence electrons. The van der Waals surface area contributed by atoms with Gasteiger partial charge in [-0.1, -0.05) is 12.1 Å². The lowest BCUT2D eigenvalue weighted by molar-refractivity contribution is -0.142. The first-order chi connectivity index (χ1) is 8.99. The summed E-state index contributed by atoms with van der Waals surface area (Å²) in [5.41, 5.74) is 3.87. The quantitative estimate of drug-likeness (QED) is 0.901. The molecule has 1 aliphatic heterocycles. The van der Waals surface area contributed by atoms with Crippen molar-refractivity contribution in [2.45, 2.75) is 32.4 Å². The van der Waals surface area contributed by atoms with Crippen molar-refractivity contribution >= 4 is 11.7 Å². The highest BCUT2D eigenvalue weighted by molar-refractivity contribution is 5.72. The molecule has 1 atom stereocenters. The number of hydrogen-bond donors (Lipinski definition) is 1. The summed E-state index contributed by atoms with van der Waals surface area (Å²) >= 11 is 0. The number of likely N-dealkylation sites (N-methyl/N-ethyl adjacent to an activating group) is 1. The third kappa shape index (κ3) is 3.07. The normalized spacial score (nSPS) is 16.3. The molecule has 1 unspecified atom stereocenters.